The number of aromatic nitrogens is 1. The van der Waals surface area contributed by atoms with Crippen LogP contribution >= 0.6 is 27.3 Å². The molecule has 2 aromatic rings. The first-order valence-electron chi connectivity index (χ1n) is 7.81. The number of amides is 1. The standard InChI is InChI=1S/C16H21BrN4O3S2/c1-12-11-25-16(18-12)19-15(22)10-21(9-8-20(2)3)26(23,24)14-6-4-13(17)5-7-14/h4-7,11H,8-10H2,1-3H3,(H,18,19,22). The first-order valence-corrected chi connectivity index (χ1v) is 10.9. The van der Waals surface area contributed by atoms with Gasteiger partial charge in [0, 0.05) is 22.9 Å². The zero-order valence-corrected chi connectivity index (χ0v) is 18.0. The maximum absolute atomic E-state index is 12.9. The molecule has 142 valence electrons. The first kappa shape index (κ1) is 21.0. The zero-order valence-electron chi connectivity index (χ0n) is 14.8. The molecule has 7 nitrogen and oxygen atoms in total. The minimum Gasteiger partial charge on any atom is -0.308 e. The number of thiazole rings is 1. The van der Waals surface area contributed by atoms with Crippen LogP contribution in [0.5, 0.6) is 0 Å². The van der Waals surface area contributed by atoms with Crippen LogP contribution in [0.3, 0.4) is 0 Å². The Balaban J connectivity index is 2.18. The van der Waals surface area contributed by atoms with Crippen molar-refractivity contribution < 1.29 is 13.2 Å². The Morgan fingerprint density at radius 3 is 2.42 bits per heavy atom. The third-order valence-electron chi connectivity index (χ3n) is 3.43. The minimum atomic E-state index is -3.79. The summed E-state index contributed by atoms with van der Waals surface area (Å²) < 4.78 is 27.9. The summed E-state index contributed by atoms with van der Waals surface area (Å²) in [7, 11) is -0.0876. The molecule has 0 saturated heterocycles. The highest BCUT2D eigenvalue weighted by atomic mass is 79.9. The summed E-state index contributed by atoms with van der Waals surface area (Å²) >= 11 is 4.60. The van der Waals surface area contributed by atoms with Crippen molar-refractivity contribution in [2.45, 2.75) is 11.8 Å². The number of benzene rings is 1. The Hall–Kier alpha value is -1.33. The van der Waals surface area contributed by atoms with Crippen LogP contribution in [0.25, 0.3) is 0 Å². The van der Waals surface area contributed by atoms with Crippen LogP contribution in [-0.2, 0) is 14.8 Å². The molecular weight excluding hydrogens is 440 g/mol. The fourth-order valence-electron chi connectivity index (χ4n) is 2.08. The van der Waals surface area contributed by atoms with E-state index in [0.717, 1.165) is 10.2 Å². The molecule has 0 radical (unpaired) electrons. The molecule has 1 heterocycles. The molecule has 1 amide bonds. The molecule has 0 unspecified atom stereocenters. The number of aryl methyl sites for hydroxylation is 1. The molecule has 1 N–H and O–H groups in total. The van der Waals surface area contributed by atoms with Crippen LogP contribution < -0.4 is 5.32 Å². The smallest absolute Gasteiger partial charge is 0.243 e. The van der Waals surface area contributed by atoms with Gasteiger partial charge in [-0.25, -0.2) is 13.4 Å². The van der Waals surface area contributed by atoms with Gasteiger partial charge in [0.1, 0.15) is 0 Å². The maximum Gasteiger partial charge on any atom is 0.243 e. The molecule has 10 heteroatoms. The van der Waals surface area contributed by atoms with E-state index in [0.29, 0.717) is 11.7 Å². The number of nitrogens with one attached hydrogen (secondary N) is 1. The van der Waals surface area contributed by atoms with Gasteiger partial charge in [0.05, 0.1) is 17.1 Å². The van der Waals surface area contributed by atoms with Crippen molar-refractivity contribution in [1.29, 1.82) is 0 Å². The molecule has 0 saturated carbocycles. The lowest BCUT2D eigenvalue weighted by atomic mass is 10.4. The summed E-state index contributed by atoms with van der Waals surface area (Å²) in [6.45, 7) is 2.26. The Morgan fingerprint density at radius 1 is 1.23 bits per heavy atom. The number of nitrogens with zero attached hydrogens (tertiary/aromatic N) is 3. The van der Waals surface area contributed by atoms with E-state index >= 15 is 0 Å². The lowest BCUT2D eigenvalue weighted by Crippen LogP contribution is -2.41. The summed E-state index contributed by atoms with van der Waals surface area (Å²) in [6, 6.07) is 6.36. The van der Waals surface area contributed by atoms with Crippen molar-refractivity contribution in [1.82, 2.24) is 14.2 Å². The van der Waals surface area contributed by atoms with Crippen LogP contribution in [0.4, 0.5) is 5.13 Å². The van der Waals surface area contributed by atoms with Gasteiger partial charge in [-0.05, 0) is 45.3 Å². The predicted octanol–water partition coefficient (Wildman–Crippen LogP) is 2.41. The fourth-order valence-corrected chi connectivity index (χ4v) is 4.44. The van der Waals surface area contributed by atoms with Crippen LogP contribution in [0.15, 0.2) is 39.0 Å². The number of carbonyl (C=O) groups is 1. The van der Waals surface area contributed by atoms with Gasteiger partial charge in [-0.3, -0.25) is 4.79 Å². The summed E-state index contributed by atoms with van der Waals surface area (Å²) in [5.41, 5.74) is 0.803. The number of likely N-dealkylation sites (N-methyl/N-ethyl adjacent to an activating group) is 1. The van der Waals surface area contributed by atoms with Gasteiger partial charge >= 0.3 is 0 Å². The number of carbonyl (C=O) groups excluding carboxylic acids is 1. The average molecular weight is 461 g/mol. The van der Waals surface area contributed by atoms with E-state index in [1.54, 1.807) is 12.1 Å². The predicted molar refractivity (Wildman–Crippen MR) is 107 cm³/mol. The molecule has 0 fully saturated rings. The van der Waals surface area contributed by atoms with E-state index in [-0.39, 0.29) is 18.0 Å². The molecule has 0 spiro atoms. The van der Waals surface area contributed by atoms with Gasteiger partial charge in [0.25, 0.3) is 0 Å². The second-order valence-corrected chi connectivity index (χ2v) is 9.65. The van der Waals surface area contributed by atoms with Crippen LogP contribution in [-0.4, -0.2) is 62.2 Å². The average Bonchev–Trinajstić information content (AvgIpc) is 2.96. The maximum atomic E-state index is 12.9. The van der Waals surface area contributed by atoms with Gasteiger partial charge in [-0.1, -0.05) is 15.9 Å². The number of halogens is 1. The van der Waals surface area contributed by atoms with Gasteiger partial charge < -0.3 is 10.2 Å². The third kappa shape index (κ3) is 5.85. The lowest BCUT2D eigenvalue weighted by molar-refractivity contribution is -0.116. The van der Waals surface area contributed by atoms with Crippen LogP contribution in [0.1, 0.15) is 5.69 Å². The molecule has 0 aliphatic heterocycles. The number of sulfonamides is 1. The first-order chi connectivity index (χ1) is 12.2. The third-order valence-corrected chi connectivity index (χ3v) is 6.70. The molecule has 0 bridgehead atoms. The van der Waals surface area contributed by atoms with E-state index in [1.807, 2.05) is 31.3 Å². The zero-order chi connectivity index (χ0) is 19.3. The summed E-state index contributed by atoms with van der Waals surface area (Å²) in [5, 5.41) is 4.93. The summed E-state index contributed by atoms with van der Waals surface area (Å²) in [6.07, 6.45) is 0. The Kier molecular flexibility index (Phi) is 7.30. The molecule has 1 aromatic heterocycles. The highest BCUT2D eigenvalue weighted by Gasteiger charge is 2.26. The van der Waals surface area contributed by atoms with Gasteiger partial charge in [-0.2, -0.15) is 4.31 Å². The monoisotopic (exact) mass is 460 g/mol. The van der Waals surface area contributed by atoms with E-state index in [2.05, 4.69) is 26.2 Å². The number of anilines is 1. The Morgan fingerprint density at radius 2 is 1.88 bits per heavy atom. The molecule has 1 aromatic carbocycles. The fraction of sp³-hybridized carbons (Fsp3) is 0.375. The number of rotatable bonds is 8. The van der Waals surface area contributed by atoms with E-state index < -0.39 is 15.9 Å². The molecule has 26 heavy (non-hydrogen) atoms. The summed E-state index contributed by atoms with van der Waals surface area (Å²) in [5.74, 6) is -0.418. The number of hydrogen-bond donors (Lipinski definition) is 1. The molecule has 0 aliphatic rings. The Labute approximate surface area is 166 Å². The molecular formula is C16H21BrN4O3S2. The van der Waals surface area contributed by atoms with Crippen molar-refractivity contribution >= 4 is 48.3 Å². The van der Waals surface area contributed by atoms with Crippen molar-refractivity contribution in [3.8, 4) is 0 Å². The van der Waals surface area contributed by atoms with Crippen molar-refractivity contribution in [2.24, 2.45) is 0 Å². The van der Waals surface area contributed by atoms with E-state index in [9.17, 15) is 13.2 Å². The molecule has 2 rings (SSSR count). The number of hydrogen-bond acceptors (Lipinski definition) is 6. The van der Waals surface area contributed by atoms with E-state index in [4.69, 9.17) is 0 Å². The summed E-state index contributed by atoms with van der Waals surface area (Å²) in [4.78, 5) is 18.5. The van der Waals surface area contributed by atoms with Gasteiger partial charge in [0.15, 0.2) is 5.13 Å². The lowest BCUT2D eigenvalue weighted by Gasteiger charge is -2.23. The second-order valence-electron chi connectivity index (χ2n) is 5.94. The Bertz CT molecular complexity index is 851. The molecule has 0 atom stereocenters. The topological polar surface area (TPSA) is 82.6 Å². The second kappa shape index (κ2) is 9.05. The van der Waals surface area contributed by atoms with Crippen LogP contribution in [0.2, 0.25) is 0 Å². The highest BCUT2D eigenvalue weighted by molar-refractivity contribution is 9.10. The van der Waals surface area contributed by atoms with Crippen molar-refractivity contribution in [2.75, 3.05) is 39.0 Å². The van der Waals surface area contributed by atoms with Crippen molar-refractivity contribution in [3.63, 3.8) is 0 Å². The highest BCUT2D eigenvalue weighted by Crippen LogP contribution is 2.19. The quantitative estimate of drug-likeness (QED) is 0.653. The molecule has 0 aliphatic carbocycles. The largest absolute Gasteiger partial charge is 0.308 e. The minimum absolute atomic E-state index is 0.150. The van der Waals surface area contributed by atoms with Gasteiger partial charge in [-0.15, -0.1) is 11.3 Å². The normalized spacial score (nSPS) is 11.9. The van der Waals surface area contributed by atoms with Gasteiger partial charge in [0.2, 0.25) is 15.9 Å². The SMILES string of the molecule is Cc1csc(NC(=O)CN(CCN(C)C)S(=O)(=O)c2ccc(Br)cc2)n1. The van der Waals surface area contributed by atoms with Crippen molar-refractivity contribution in [3.05, 3.63) is 39.8 Å². The van der Waals surface area contributed by atoms with E-state index in [1.165, 1.54) is 27.8 Å². The van der Waals surface area contributed by atoms with Crippen LogP contribution in [0, 0.1) is 6.92 Å².